The molecule has 5 rings (SSSR count). The lowest BCUT2D eigenvalue weighted by atomic mass is 10.0. The first-order valence-electron chi connectivity index (χ1n) is 9.92. The van der Waals surface area contributed by atoms with Crippen molar-refractivity contribution in [3.8, 4) is 0 Å². The Morgan fingerprint density at radius 1 is 1.12 bits per heavy atom. The number of thiocarbonyl (C=S) groups is 1. The van der Waals surface area contributed by atoms with Gasteiger partial charge >= 0.3 is 0 Å². The van der Waals surface area contributed by atoms with Crippen molar-refractivity contribution in [2.75, 3.05) is 16.8 Å². The van der Waals surface area contributed by atoms with Crippen LogP contribution in [0.2, 0.25) is 0 Å². The normalized spacial score (nSPS) is 24.7. The molecule has 0 unspecified atom stereocenters. The van der Waals surface area contributed by atoms with Crippen LogP contribution in [-0.2, 0) is 0 Å². The highest BCUT2D eigenvalue weighted by molar-refractivity contribution is 7.80. The number of rotatable bonds is 4. The number of halogens is 5. The summed E-state index contributed by atoms with van der Waals surface area (Å²) >= 11 is 5.10. The van der Waals surface area contributed by atoms with E-state index in [4.69, 9.17) is 12.2 Å². The molecule has 3 aromatic rings. The Kier molecular flexibility index (Phi) is 5.11. The summed E-state index contributed by atoms with van der Waals surface area (Å²) in [7, 11) is 0. The number of hydrogen-bond donors (Lipinski definition) is 2. The van der Waals surface area contributed by atoms with E-state index >= 15 is 0 Å². The topological polar surface area (TPSA) is 57.5 Å². The summed E-state index contributed by atoms with van der Waals surface area (Å²) in [5.41, 5.74) is -0.0668. The van der Waals surface area contributed by atoms with E-state index in [-0.39, 0.29) is 40.8 Å². The third-order valence-corrected chi connectivity index (χ3v) is 5.78. The van der Waals surface area contributed by atoms with E-state index in [9.17, 15) is 22.0 Å². The second-order valence-electron chi connectivity index (χ2n) is 7.84. The number of anilines is 2. The van der Waals surface area contributed by atoms with Gasteiger partial charge in [-0.1, -0.05) is 0 Å². The molecule has 1 saturated carbocycles. The highest BCUT2D eigenvalue weighted by Gasteiger charge is 2.38. The molecule has 1 aliphatic carbocycles. The minimum Gasteiger partial charge on any atom is -0.357 e. The fourth-order valence-corrected chi connectivity index (χ4v) is 4.15. The first kappa shape index (κ1) is 20.9. The molecule has 6 nitrogen and oxygen atoms in total. The molecule has 0 bridgehead atoms. The summed E-state index contributed by atoms with van der Waals surface area (Å²) in [6.07, 6.45) is -0.600. The summed E-state index contributed by atoms with van der Waals surface area (Å²) in [6.45, 7) is -0.0945. The van der Waals surface area contributed by atoms with Crippen molar-refractivity contribution in [3.05, 3.63) is 53.6 Å². The van der Waals surface area contributed by atoms with Crippen LogP contribution >= 0.6 is 12.2 Å². The fraction of sp³-hybridized carbons (Fsp3) is 0.350. The first-order valence-corrected chi connectivity index (χ1v) is 10.3. The maximum atomic E-state index is 14.4. The number of alkyl halides is 2. The number of hydrogen-bond acceptors (Lipinski definition) is 4. The van der Waals surface area contributed by atoms with Crippen LogP contribution in [0.5, 0.6) is 0 Å². The van der Waals surface area contributed by atoms with E-state index in [0.29, 0.717) is 6.42 Å². The lowest BCUT2D eigenvalue weighted by Crippen LogP contribution is -2.31. The van der Waals surface area contributed by atoms with Gasteiger partial charge in [-0.05, 0) is 36.5 Å². The third kappa shape index (κ3) is 3.83. The molecule has 0 radical (unpaired) electrons. The second-order valence-corrected chi connectivity index (χ2v) is 8.25. The number of benzene rings is 1. The predicted molar refractivity (Wildman–Crippen MR) is 112 cm³/mol. The fourth-order valence-electron chi connectivity index (χ4n) is 3.89. The van der Waals surface area contributed by atoms with Gasteiger partial charge in [-0.3, -0.25) is 0 Å². The molecule has 1 aliphatic heterocycles. The summed E-state index contributed by atoms with van der Waals surface area (Å²) in [5, 5.41) is 9.11. The molecular formula is C20H17F5N6S. The molecular weight excluding hydrogens is 451 g/mol. The van der Waals surface area contributed by atoms with E-state index in [0.717, 1.165) is 18.2 Å². The average Bonchev–Trinajstić information content (AvgIpc) is 3.15. The van der Waals surface area contributed by atoms with E-state index in [1.807, 2.05) is 0 Å². The van der Waals surface area contributed by atoms with E-state index < -0.39 is 42.0 Å². The van der Waals surface area contributed by atoms with Crippen molar-refractivity contribution >= 4 is 34.5 Å². The minimum atomic E-state index is -1.29. The van der Waals surface area contributed by atoms with Gasteiger partial charge in [0.05, 0.1) is 18.6 Å². The van der Waals surface area contributed by atoms with Crippen LogP contribution in [0, 0.1) is 17.6 Å². The van der Waals surface area contributed by atoms with Gasteiger partial charge in [0.15, 0.2) is 10.8 Å². The van der Waals surface area contributed by atoms with E-state index in [1.54, 1.807) is 0 Å². The summed E-state index contributed by atoms with van der Waals surface area (Å²) in [4.78, 5) is 5.89. The largest absolute Gasteiger partial charge is 0.357 e. The molecule has 4 atom stereocenters. The maximum absolute atomic E-state index is 14.4. The maximum Gasteiger partial charge on any atom is 0.258 e. The molecule has 1 aromatic carbocycles. The Hall–Kier alpha value is -3.02. The van der Waals surface area contributed by atoms with Crippen molar-refractivity contribution in [2.24, 2.45) is 0 Å². The lowest BCUT2D eigenvalue weighted by molar-refractivity contribution is 0.355. The second kappa shape index (κ2) is 7.84. The summed E-state index contributed by atoms with van der Waals surface area (Å²) in [5.74, 6) is -1.94. The molecule has 2 fully saturated rings. The molecule has 2 aromatic heterocycles. The van der Waals surface area contributed by atoms with Crippen LogP contribution in [0.15, 0.2) is 30.5 Å². The SMILES string of the molecule is Fc1ccc(F)c([C@H]2C[C@H](F)CN2c2ccn3nc(F)c(NC(=S)N[C@H]4C[C@H]4F)c3n2)c1. The Balaban J connectivity index is 1.48. The van der Waals surface area contributed by atoms with Crippen LogP contribution in [0.25, 0.3) is 5.65 Å². The summed E-state index contributed by atoms with van der Waals surface area (Å²) < 4.78 is 71.1. The number of nitrogens with one attached hydrogen (secondary N) is 2. The Labute approximate surface area is 184 Å². The zero-order valence-corrected chi connectivity index (χ0v) is 17.2. The quantitative estimate of drug-likeness (QED) is 0.449. The standard InChI is InChI=1S/C20H17F5N6S/c21-9-1-2-12(23)11(5-9)15-6-10(22)8-30(15)16-3-4-31-19(27-16)17(18(25)29-31)28-20(32)26-14-7-13(14)24/h1-5,10,13-15H,6-8H2,(H2,26,28,32)/t10-,13+,14-,15+/m0/s1. The van der Waals surface area contributed by atoms with Gasteiger partial charge in [0, 0.05) is 24.6 Å². The van der Waals surface area contributed by atoms with Crippen LogP contribution in [0.3, 0.4) is 0 Å². The van der Waals surface area contributed by atoms with Gasteiger partial charge in [-0.25, -0.2) is 27.1 Å². The van der Waals surface area contributed by atoms with Crippen molar-refractivity contribution in [1.29, 1.82) is 0 Å². The smallest absolute Gasteiger partial charge is 0.258 e. The molecule has 2 aliphatic rings. The van der Waals surface area contributed by atoms with Gasteiger partial charge in [-0.15, -0.1) is 5.10 Å². The van der Waals surface area contributed by atoms with Crippen LogP contribution in [-0.4, -0.2) is 44.6 Å². The van der Waals surface area contributed by atoms with Gasteiger partial charge in [0.25, 0.3) is 5.95 Å². The van der Waals surface area contributed by atoms with Gasteiger partial charge in [0.1, 0.15) is 35.5 Å². The van der Waals surface area contributed by atoms with Crippen molar-refractivity contribution in [2.45, 2.75) is 37.3 Å². The average molecular weight is 468 g/mol. The Bertz CT molecular complexity index is 1200. The first-order chi connectivity index (χ1) is 15.3. The monoisotopic (exact) mass is 468 g/mol. The molecule has 0 amide bonds. The highest BCUT2D eigenvalue weighted by Crippen LogP contribution is 2.38. The number of fused-ring (bicyclic) bond motifs is 1. The minimum absolute atomic E-state index is 0.0143. The molecule has 32 heavy (non-hydrogen) atoms. The molecule has 3 heterocycles. The lowest BCUT2D eigenvalue weighted by Gasteiger charge is -2.26. The molecule has 168 valence electrons. The van der Waals surface area contributed by atoms with Crippen molar-refractivity contribution < 1.29 is 22.0 Å². The molecule has 12 heteroatoms. The number of nitrogens with zero attached hydrogens (tertiary/aromatic N) is 4. The van der Waals surface area contributed by atoms with Crippen LogP contribution in [0.4, 0.5) is 33.5 Å². The van der Waals surface area contributed by atoms with Gasteiger partial charge in [-0.2, -0.15) is 4.39 Å². The molecule has 0 spiro atoms. The van der Waals surface area contributed by atoms with Crippen molar-refractivity contribution in [1.82, 2.24) is 19.9 Å². The zero-order chi connectivity index (χ0) is 22.6. The van der Waals surface area contributed by atoms with Gasteiger partial charge < -0.3 is 15.5 Å². The number of aromatic nitrogens is 3. The van der Waals surface area contributed by atoms with Crippen LogP contribution in [0.1, 0.15) is 24.4 Å². The Morgan fingerprint density at radius 3 is 2.66 bits per heavy atom. The summed E-state index contributed by atoms with van der Waals surface area (Å²) in [6, 6.07) is 3.30. The zero-order valence-electron chi connectivity index (χ0n) is 16.4. The van der Waals surface area contributed by atoms with Crippen LogP contribution < -0.4 is 15.5 Å². The van der Waals surface area contributed by atoms with E-state index in [1.165, 1.54) is 21.7 Å². The predicted octanol–water partition coefficient (Wildman–Crippen LogP) is 3.83. The van der Waals surface area contributed by atoms with Crippen molar-refractivity contribution in [3.63, 3.8) is 0 Å². The Morgan fingerprint density at radius 2 is 1.91 bits per heavy atom. The van der Waals surface area contributed by atoms with E-state index in [2.05, 4.69) is 20.7 Å². The molecule has 2 N–H and O–H groups in total. The van der Waals surface area contributed by atoms with Gasteiger partial charge in [0.2, 0.25) is 0 Å². The third-order valence-electron chi connectivity index (χ3n) is 5.56. The molecule has 1 saturated heterocycles. The highest BCUT2D eigenvalue weighted by atomic mass is 32.1.